The highest BCUT2D eigenvalue weighted by Crippen LogP contribution is 2.41. The van der Waals surface area contributed by atoms with Gasteiger partial charge in [0.15, 0.2) is 0 Å². The summed E-state index contributed by atoms with van der Waals surface area (Å²) in [7, 11) is 0. The standard InChI is InChI=1S/C9H13N/c1-9(2)6-3-4-8(9)5-7-10/h5H,3-4,6H2,1-2H3. The molecular formula is C9H13N. The largest absolute Gasteiger partial charge is 0.193 e. The molecule has 0 aromatic carbocycles. The van der Waals surface area contributed by atoms with E-state index in [9.17, 15) is 0 Å². The second-order valence-electron chi connectivity index (χ2n) is 3.54. The third-order valence-corrected chi connectivity index (χ3v) is 2.36. The summed E-state index contributed by atoms with van der Waals surface area (Å²) in [6, 6.07) is 2.10. The predicted molar refractivity (Wildman–Crippen MR) is 41.3 cm³/mol. The number of allylic oxidation sites excluding steroid dienone is 2. The third kappa shape index (κ3) is 1.21. The number of hydrogen-bond acceptors (Lipinski definition) is 1. The summed E-state index contributed by atoms with van der Waals surface area (Å²) in [6.07, 6.45) is 5.33. The van der Waals surface area contributed by atoms with Crippen LogP contribution in [0.25, 0.3) is 0 Å². The Morgan fingerprint density at radius 3 is 2.70 bits per heavy atom. The lowest BCUT2D eigenvalue weighted by Crippen LogP contribution is -2.06. The zero-order valence-electron chi connectivity index (χ0n) is 6.65. The number of nitrogens with zero attached hydrogens (tertiary/aromatic N) is 1. The molecule has 0 radical (unpaired) electrons. The maximum absolute atomic E-state index is 8.43. The molecule has 54 valence electrons. The van der Waals surface area contributed by atoms with Crippen LogP contribution in [0, 0.1) is 16.7 Å². The van der Waals surface area contributed by atoms with Gasteiger partial charge in [-0.2, -0.15) is 5.26 Å². The molecule has 1 nitrogen and oxygen atoms in total. The summed E-state index contributed by atoms with van der Waals surface area (Å²) in [5.41, 5.74) is 1.63. The molecule has 0 spiro atoms. The maximum atomic E-state index is 8.43. The Morgan fingerprint density at radius 2 is 2.30 bits per heavy atom. The molecule has 0 aromatic heterocycles. The minimum Gasteiger partial charge on any atom is -0.193 e. The molecule has 0 aliphatic heterocycles. The molecule has 1 aliphatic rings. The Kier molecular flexibility index (Phi) is 1.80. The summed E-state index contributed by atoms with van der Waals surface area (Å²) in [5.74, 6) is 0. The fourth-order valence-electron chi connectivity index (χ4n) is 1.57. The van der Waals surface area contributed by atoms with Crippen molar-refractivity contribution in [3.8, 4) is 6.07 Å². The smallest absolute Gasteiger partial charge is 0.0911 e. The summed E-state index contributed by atoms with van der Waals surface area (Å²) >= 11 is 0. The van der Waals surface area contributed by atoms with Crippen molar-refractivity contribution in [2.24, 2.45) is 5.41 Å². The van der Waals surface area contributed by atoms with Crippen molar-refractivity contribution < 1.29 is 0 Å². The van der Waals surface area contributed by atoms with Gasteiger partial charge in [-0.1, -0.05) is 19.4 Å². The van der Waals surface area contributed by atoms with E-state index < -0.39 is 0 Å². The van der Waals surface area contributed by atoms with Gasteiger partial charge in [-0.25, -0.2) is 0 Å². The Morgan fingerprint density at radius 1 is 1.60 bits per heavy atom. The molecule has 0 bridgehead atoms. The van der Waals surface area contributed by atoms with Gasteiger partial charge in [0.25, 0.3) is 0 Å². The van der Waals surface area contributed by atoms with Crippen LogP contribution in [0.15, 0.2) is 11.6 Å². The highest BCUT2D eigenvalue weighted by Gasteiger charge is 2.27. The van der Waals surface area contributed by atoms with Crippen LogP contribution in [-0.2, 0) is 0 Å². The average molecular weight is 135 g/mol. The van der Waals surface area contributed by atoms with Gasteiger partial charge in [-0.3, -0.25) is 0 Å². The Labute approximate surface area is 62.4 Å². The molecule has 0 atom stereocenters. The molecule has 0 N–H and O–H groups in total. The normalized spacial score (nSPS) is 26.7. The quantitative estimate of drug-likeness (QED) is 0.468. The van der Waals surface area contributed by atoms with Gasteiger partial charge in [0, 0.05) is 6.08 Å². The lowest BCUT2D eigenvalue weighted by molar-refractivity contribution is 0.462. The molecule has 0 aromatic rings. The van der Waals surface area contributed by atoms with Gasteiger partial charge in [-0.05, 0) is 24.7 Å². The van der Waals surface area contributed by atoms with Crippen LogP contribution in [0.1, 0.15) is 33.1 Å². The second kappa shape index (κ2) is 2.46. The van der Waals surface area contributed by atoms with Gasteiger partial charge in [0.2, 0.25) is 0 Å². The molecular weight excluding hydrogens is 122 g/mol. The van der Waals surface area contributed by atoms with Crippen molar-refractivity contribution in [3.63, 3.8) is 0 Å². The molecule has 0 saturated heterocycles. The van der Waals surface area contributed by atoms with E-state index >= 15 is 0 Å². The van der Waals surface area contributed by atoms with Gasteiger partial charge in [0.05, 0.1) is 6.07 Å². The highest BCUT2D eigenvalue weighted by atomic mass is 14.3. The average Bonchev–Trinajstić information content (AvgIpc) is 2.13. The minimum atomic E-state index is 0.301. The fraction of sp³-hybridized carbons (Fsp3) is 0.667. The first kappa shape index (κ1) is 7.34. The van der Waals surface area contributed by atoms with Crippen molar-refractivity contribution in [2.75, 3.05) is 0 Å². The Balaban J connectivity index is 2.80. The Bertz CT molecular complexity index is 193. The summed E-state index contributed by atoms with van der Waals surface area (Å²) in [5, 5.41) is 8.43. The lowest BCUT2D eigenvalue weighted by atomic mass is 9.87. The van der Waals surface area contributed by atoms with Crippen molar-refractivity contribution >= 4 is 0 Å². The van der Waals surface area contributed by atoms with E-state index in [0.717, 1.165) is 6.42 Å². The summed E-state index contributed by atoms with van der Waals surface area (Å²) < 4.78 is 0. The van der Waals surface area contributed by atoms with Gasteiger partial charge in [-0.15, -0.1) is 0 Å². The number of rotatable bonds is 0. The second-order valence-corrected chi connectivity index (χ2v) is 3.54. The molecule has 1 rings (SSSR count). The van der Waals surface area contributed by atoms with E-state index in [-0.39, 0.29) is 0 Å². The van der Waals surface area contributed by atoms with Crippen LogP contribution in [0.5, 0.6) is 0 Å². The molecule has 0 heterocycles. The van der Waals surface area contributed by atoms with E-state index in [1.54, 1.807) is 6.08 Å². The monoisotopic (exact) mass is 135 g/mol. The number of nitriles is 1. The van der Waals surface area contributed by atoms with Crippen LogP contribution in [0.3, 0.4) is 0 Å². The van der Waals surface area contributed by atoms with Crippen molar-refractivity contribution in [1.29, 1.82) is 5.26 Å². The maximum Gasteiger partial charge on any atom is 0.0911 e. The van der Waals surface area contributed by atoms with E-state index in [4.69, 9.17) is 5.26 Å². The van der Waals surface area contributed by atoms with E-state index in [1.165, 1.54) is 18.4 Å². The number of hydrogen-bond donors (Lipinski definition) is 0. The van der Waals surface area contributed by atoms with E-state index in [0.29, 0.717) is 5.41 Å². The van der Waals surface area contributed by atoms with Crippen molar-refractivity contribution in [3.05, 3.63) is 11.6 Å². The van der Waals surface area contributed by atoms with Gasteiger partial charge >= 0.3 is 0 Å². The third-order valence-electron chi connectivity index (χ3n) is 2.36. The van der Waals surface area contributed by atoms with Crippen LogP contribution < -0.4 is 0 Å². The first-order chi connectivity index (χ1) is 4.67. The summed E-state index contributed by atoms with van der Waals surface area (Å²) in [6.45, 7) is 4.42. The highest BCUT2D eigenvalue weighted by molar-refractivity contribution is 5.22. The first-order valence-corrected chi connectivity index (χ1v) is 3.76. The van der Waals surface area contributed by atoms with E-state index in [1.807, 2.05) is 0 Å². The predicted octanol–water partition coefficient (Wildman–Crippen LogP) is 2.65. The lowest BCUT2D eigenvalue weighted by Gasteiger charge is -2.17. The first-order valence-electron chi connectivity index (χ1n) is 3.76. The zero-order valence-corrected chi connectivity index (χ0v) is 6.65. The van der Waals surface area contributed by atoms with Crippen LogP contribution >= 0.6 is 0 Å². The molecule has 1 fully saturated rings. The summed E-state index contributed by atoms with van der Waals surface area (Å²) in [4.78, 5) is 0. The molecule has 0 amide bonds. The molecule has 10 heavy (non-hydrogen) atoms. The van der Waals surface area contributed by atoms with E-state index in [2.05, 4.69) is 19.9 Å². The van der Waals surface area contributed by atoms with Crippen molar-refractivity contribution in [2.45, 2.75) is 33.1 Å². The Hall–Kier alpha value is -0.770. The zero-order chi connectivity index (χ0) is 7.61. The minimum absolute atomic E-state index is 0.301. The van der Waals surface area contributed by atoms with Crippen LogP contribution in [0.4, 0.5) is 0 Å². The SMILES string of the molecule is CC1(C)CCCC1=CC#N. The topological polar surface area (TPSA) is 23.8 Å². The van der Waals surface area contributed by atoms with Gasteiger partial charge in [0.1, 0.15) is 0 Å². The van der Waals surface area contributed by atoms with Gasteiger partial charge < -0.3 is 0 Å². The molecule has 0 unspecified atom stereocenters. The fourth-order valence-corrected chi connectivity index (χ4v) is 1.57. The molecule has 1 aliphatic carbocycles. The molecule has 1 saturated carbocycles. The van der Waals surface area contributed by atoms with Crippen LogP contribution in [0.2, 0.25) is 0 Å². The van der Waals surface area contributed by atoms with Crippen LogP contribution in [-0.4, -0.2) is 0 Å². The van der Waals surface area contributed by atoms with Crippen molar-refractivity contribution in [1.82, 2.24) is 0 Å². The molecule has 1 heteroatoms.